The normalized spacial score (nSPS) is 11.1. The average Bonchev–Trinajstić information content (AvgIpc) is 3.24. The topological polar surface area (TPSA) is 54.5 Å². The summed E-state index contributed by atoms with van der Waals surface area (Å²) in [5, 5.41) is 15.8. The molecule has 4 aromatic rings. The van der Waals surface area contributed by atoms with Crippen molar-refractivity contribution in [2.75, 3.05) is 0 Å². The zero-order valence-electron chi connectivity index (χ0n) is 14.0. The SMILES string of the molecule is Cc1ccc(-c2cc(-c3nn[nH]n3)sc2-c2ccc(C)cc2Cl)c(Cl)c1. The molecule has 1 N–H and O–H groups in total. The van der Waals surface area contributed by atoms with Gasteiger partial charge in [-0.25, -0.2) is 0 Å². The smallest absolute Gasteiger partial charge is 0.177 e. The number of hydrogen-bond acceptors (Lipinski definition) is 4. The van der Waals surface area contributed by atoms with Crippen LogP contribution in [-0.4, -0.2) is 20.6 Å². The van der Waals surface area contributed by atoms with Crippen LogP contribution in [-0.2, 0) is 0 Å². The van der Waals surface area contributed by atoms with Crippen molar-refractivity contribution >= 4 is 34.5 Å². The number of halogens is 2. The van der Waals surface area contributed by atoms with E-state index in [1.807, 2.05) is 50.2 Å². The Labute approximate surface area is 164 Å². The minimum absolute atomic E-state index is 0.550. The molecule has 130 valence electrons. The van der Waals surface area contributed by atoms with Crippen LogP contribution in [0.2, 0.25) is 10.0 Å². The summed E-state index contributed by atoms with van der Waals surface area (Å²) in [7, 11) is 0. The van der Waals surface area contributed by atoms with Gasteiger partial charge in [0.05, 0.1) is 4.88 Å². The van der Waals surface area contributed by atoms with Gasteiger partial charge in [-0.15, -0.1) is 21.5 Å². The molecule has 0 aliphatic carbocycles. The third-order valence-electron chi connectivity index (χ3n) is 4.08. The number of benzene rings is 2. The van der Waals surface area contributed by atoms with E-state index in [2.05, 4.69) is 26.7 Å². The molecular weight excluding hydrogens is 387 g/mol. The molecule has 7 heteroatoms. The van der Waals surface area contributed by atoms with Crippen LogP contribution >= 0.6 is 34.5 Å². The Morgan fingerprint density at radius 2 is 1.50 bits per heavy atom. The van der Waals surface area contributed by atoms with Crippen LogP contribution in [0.15, 0.2) is 42.5 Å². The fourth-order valence-electron chi connectivity index (χ4n) is 2.81. The predicted molar refractivity (Wildman–Crippen MR) is 108 cm³/mol. The minimum Gasteiger partial charge on any atom is -0.177 e. The number of nitrogens with one attached hydrogen (secondary N) is 1. The van der Waals surface area contributed by atoms with Crippen molar-refractivity contribution in [2.45, 2.75) is 13.8 Å². The standard InChI is InChI=1S/C19H14Cl2N4S/c1-10-3-5-12(15(20)7-10)14-9-17(19-22-24-25-23-19)26-18(14)13-6-4-11(2)8-16(13)21/h3-9H,1-2H3,(H,22,23,24,25). The lowest BCUT2D eigenvalue weighted by Gasteiger charge is -2.09. The predicted octanol–water partition coefficient (Wildman–Crippen LogP) is 6.19. The van der Waals surface area contributed by atoms with Gasteiger partial charge in [-0.1, -0.05) is 47.5 Å². The molecule has 0 bridgehead atoms. The fraction of sp³-hybridized carbons (Fsp3) is 0.105. The first kappa shape index (κ1) is 17.2. The molecule has 0 radical (unpaired) electrons. The third kappa shape index (κ3) is 3.14. The number of nitrogens with zero attached hydrogens (tertiary/aromatic N) is 3. The molecule has 0 spiro atoms. The van der Waals surface area contributed by atoms with E-state index in [1.165, 1.54) is 0 Å². The summed E-state index contributed by atoms with van der Waals surface area (Å²) in [4.78, 5) is 1.93. The zero-order chi connectivity index (χ0) is 18.3. The van der Waals surface area contributed by atoms with E-state index in [0.717, 1.165) is 37.6 Å². The molecule has 4 rings (SSSR count). The average molecular weight is 401 g/mol. The van der Waals surface area contributed by atoms with Gasteiger partial charge < -0.3 is 0 Å². The fourth-order valence-corrected chi connectivity index (χ4v) is 4.67. The highest BCUT2D eigenvalue weighted by atomic mass is 35.5. The Kier molecular flexibility index (Phi) is 4.53. The van der Waals surface area contributed by atoms with Crippen LogP contribution in [0.4, 0.5) is 0 Å². The van der Waals surface area contributed by atoms with E-state index in [4.69, 9.17) is 23.2 Å². The molecular formula is C19H14Cl2N4S. The van der Waals surface area contributed by atoms with Gasteiger partial charge >= 0.3 is 0 Å². The molecule has 26 heavy (non-hydrogen) atoms. The molecule has 0 amide bonds. The van der Waals surface area contributed by atoms with Crippen LogP contribution < -0.4 is 0 Å². The molecule has 4 nitrogen and oxygen atoms in total. The van der Waals surface area contributed by atoms with Gasteiger partial charge in [0.15, 0.2) is 0 Å². The van der Waals surface area contributed by atoms with E-state index in [1.54, 1.807) is 11.3 Å². The second kappa shape index (κ2) is 6.83. The first-order valence-corrected chi connectivity index (χ1v) is 9.51. The summed E-state index contributed by atoms with van der Waals surface area (Å²) in [5.41, 5.74) is 5.15. The van der Waals surface area contributed by atoms with Gasteiger partial charge in [0.25, 0.3) is 0 Å². The maximum absolute atomic E-state index is 6.55. The highest BCUT2D eigenvalue weighted by molar-refractivity contribution is 7.19. The van der Waals surface area contributed by atoms with E-state index < -0.39 is 0 Å². The van der Waals surface area contributed by atoms with Crippen LogP contribution in [0, 0.1) is 13.8 Å². The number of aromatic nitrogens is 4. The van der Waals surface area contributed by atoms with Gasteiger partial charge in [0.1, 0.15) is 0 Å². The number of H-pyrrole nitrogens is 1. The summed E-state index contributed by atoms with van der Waals surface area (Å²) in [6.45, 7) is 4.04. The number of hydrogen-bond donors (Lipinski definition) is 1. The lowest BCUT2D eigenvalue weighted by molar-refractivity contribution is 0.881. The molecule has 0 aliphatic rings. The van der Waals surface area contributed by atoms with Gasteiger partial charge in [0, 0.05) is 31.6 Å². The highest BCUT2D eigenvalue weighted by Crippen LogP contribution is 2.46. The first-order valence-electron chi connectivity index (χ1n) is 7.93. The molecule has 0 atom stereocenters. The summed E-state index contributed by atoms with van der Waals surface area (Å²) in [5.74, 6) is 0.550. The largest absolute Gasteiger partial charge is 0.214 e. The summed E-state index contributed by atoms with van der Waals surface area (Å²) >= 11 is 14.7. The van der Waals surface area contributed by atoms with Crippen molar-refractivity contribution in [3.63, 3.8) is 0 Å². The second-order valence-electron chi connectivity index (χ2n) is 6.06. The number of aryl methyl sites for hydroxylation is 2. The van der Waals surface area contributed by atoms with Crippen molar-refractivity contribution in [3.8, 4) is 32.3 Å². The van der Waals surface area contributed by atoms with Crippen molar-refractivity contribution in [2.24, 2.45) is 0 Å². The van der Waals surface area contributed by atoms with Crippen LogP contribution in [0.25, 0.3) is 32.3 Å². The van der Waals surface area contributed by atoms with Crippen LogP contribution in [0.3, 0.4) is 0 Å². The Morgan fingerprint density at radius 3 is 2.08 bits per heavy atom. The first-order chi connectivity index (χ1) is 12.5. The summed E-state index contributed by atoms with van der Waals surface area (Å²) < 4.78 is 0. The summed E-state index contributed by atoms with van der Waals surface area (Å²) in [6.07, 6.45) is 0. The Morgan fingerprint density at radius 1 is 0.846 bits per heavy atom. The number of aromatic amines is 1. The molecule has 0 fully saturated rings. The number of rotatable bonds is 3. The van der Waals surface area contributed by atoms with Crippen molar-refractivity contribution in [3.05, 3.63) is 63.6 Å². The molecule has 0 saturated heterocycles. The quantitative estimate of drug-likeness (QED) is 0.446. The Bertz CT molecular complexity index is 1020. The Hall–Kier alpha value is -2.21. The van der Waals surface area contributed by atoms with Gasteiger partial charge in [0.2, 0.25) is 5.82 Å². The van der Waals surface area contributed by atoms with Crippen molar-refractivity contribution in [1.29, 1.82) is 0 Å². The molecule has 2 aromatic heterocycles. The van der Waals surface area contributed by atoms with Gasteiger partial charge in [-0.3, -0.25) is 0 Å². The number of tetrazole rings is 1. The molecule has 0 unspecified atom stereocenters. The molecule has 2 heterocycles. The van der Waals surface area contributed by atoms with E-state index in [-0.39, 0.29) is 0 Å². The van der Waals surface area contributed by atoms with Crippen molar-refractivity contribution in [1.82, 2.24) is 20.6 Å². The summed E-state index contributed by atoms with van der Waals surface area (Å²) in [6, 6.07) is 14.1. The van der Waals surface area contributed by atoms with E-state index in [9.17, 15) is 0 Å². The maximum atomic E-state index is 6.55. The van der Waals surface area contributed by atoms with E-state index >= 15 is 0 Å². The Balaban J connectivity index is 1.97. The molecule has 2 aromatic carbocycles. The van der Waals surface area contributed by atoms with Crippen molar-refractivity contribution < 1.29 is 0 Å². The number of thiophene rings is 1. The zero-order valence-corrected chi connectivity index (χ0v) is 16.4. The molecule has 0 saturated carbocycles. The van der Waals surface area contributed by atoms with Gasteiger partial charge in [-0.2, -0.15) is 5.21 Å². The van der Waals surface area contributed by atoms with Crippen LogP contribution in [0.1, 0.15) is 11.1 Å². The monoisotopic (exact) mass is 400 g/mol. The van der Waals surface area contributed by atoms with Crippen LogP contribution in [0.5, 0.6) is 0 Å². The minimum atomic E-state index is 0.550. The second-order valence-corrected chi connectivity index (χ2v) is 7.92. The maximum Gasteiger partial charge on any atom is 0.214 e. The molecule has 0 aliphatic heterocycles. The highest BCUT2D eigenvalue weighted by Gasteiger charge is 2.19. The lowest BCUT2D eigenvalue weighted by atomic mass is 10.0. The third-order valence-corrected chi connectivity index (χ3v) is 5.87. The van der Waals surface area contributed by atoms with Gasteiger partial charge in [-0.05, 0) is 48.4 Å². The van der Waals surface area contributed by atoms with E-state index in [0.29, 0.717) is 15.9 Å². The lowest BCUT2D eigenvalue weighted by Crippen LogP contribution is -1.84.